The van der Waals surface area contributed by atoms with Crippen molar-refractivity contribution in [2.24, 2.45) is 0 Å². The molecule has 5 nitrogen and oxygen atoms in total. The number of amides is 2. The molecule has 1 atom stereocenters. The Balaban J connectivity index is 2.52. The molecule has 2 amide bonds. The molecule has 6 heteroatoms. The highest BCUT2D eigenvalue weighted by atomic mass is 32.2. The van der Waals surface area contributed by atoms with Gasteiger partial charge in [-0.3, -0.25) is 4.79 Å². The molecule has 0 aliphatic heterocycles. The lowest BCUT2D eigenvalue weighted by molar-refractivity contribution is -0.138. The first kappa shape index (κ1) is 15.1. The molecule has 0 aromatic heterocycles. The Labute approximate surface area is 112 Å². The van der Waals surface area contributed by atoms with E-state index in [0.717, 1.165) is 25.7 Å². The van der Waals surface area contributed by atoms with Crippen LogP contribution in [0.1, 0.15) is 32.6 Å². The lowest BCUT2D eigenvalue weighted by atomic mass is 10.2. The first-order valence-corrected chi connectivity index (χ1v) is 7.62. The number of rotatable bonds is 6. The number of urea groups is 1. The fourth-order valence-corrected chi connectivity index (χ4v) is 2.39. The zero-order chi connectivity index (χ0) is 13.5. The van der Waals surface area contributed by atoms with E-state index in [0.29, 0.717) is 11.8 Å². The molecule has 0 spiro atoms. The van der Waals surface area contributed by atoms with Gasteiger partial charge in [-0.15, -0.1) is 0 Å². The summed E-state index contributed by atoms with van der Waals surface area (Å²) < 4.78 is 0. The SMILES string of the molecule is CSC(C)CNC(=O)N(CC(=O)O)C1CCCC1. The molecule has 1 saturated carbocycles. The molecule has 0 saturated heterocycles. The van der Waals surface area contributed by atoms with Crippen LogP contribution in [0, 0.1) is 0 Å². The van der Waals surface area contributed by atoms with Crippen molar-refractivity contribution >= 4 is 23.8 Å². The van der Waals surface area contributed by atoms with E-state index in [9.17, 15) is 9.59 Å². The predicted molar refractivity (Wildman–Crippen MR) is 73.0 cm³/mol. The Hall–Kier alpha value is -0.910. The Morgan fingerprint density at radius 2 is 2.06 bits per heavy atom. The molecule has 0 aromatic rings. The summed E-state index contributed by atoms with van der Waals surface area (Å²) in [6.45, 7) is 2.40. The van der Waals surface area contributed by atoms with Gasteiger partial charge in [-0.05, 0) is 19.1 Å². The average Bonchev–Trinajstić information content (AvgIpc) is 2.85. The highest BCUT2D eigenvalue weighted by Gasteiger charge is 2.28. The minimum absolute atomic E-state index is 0.0886. The molecule has 0 radical (unpaired) electrons. The van der Waals surface area contributed by atoms with E-state index in [2.05, 4.69) is 5.32 Å². The van der Waals surface area contributed by atoms with Gasteiger partial charge in [0.05, 0.1) is 0 Å². The number of thioether (sulfide) groups is 1. The average molecular weight is 274 g/mol. The number of hydrogen-bond donors (Lipinski definition) is 2. The number of nitrogens with zero attached hydrogens (tertiary/aromatic N) is 1. The van der Waals surface area contributed by atoms with E-state index < -0.39 is 5.97 Å². The van der Waals surface area contributed by atoms with Crippen molar-refractivity contribution in [3.63, 3.8) is 0 Å². The van der Waals surface area contributed by atoms with Crippen LogP contribution in [0.4, 0.5) is 4.79 Å². The van der Waals surface area contributed by atoms with Crippen molar-refractivity contribution in [3.8, 4) is 0 Å². The second kappa shape index (κ2) is 7.51. The van der Waals surface area contributed by atoms with Crippen LogP contribution in [0.3, 0.4) is 0 Å². The van der Waals surface area contributed by atoms with E-state index in [1.807, 2.05) is 13.2 Å². The summed E-state index contributed by atoms with van der Waals surface area (Å²) >= 11 is 1.68. The highest BCUT2D eigenvalue weighted by Crippen LogP contribution is 2.23. The highest BCUT2D eigenvalue weighted by molar-refractivity contribution is 7.99. The van der Waals surface area contributed by atoms with Crippen molar-refractivity contribution in [1.82, 2.24) is 10.2 Å². The zero-order valence-corrected chi connectivity index (χ0v) is 11.8. The van der Waals surface area contributed by atoms with Gasteiger partial charge in [0.2, 0.25) is 0 Å². The normalized spacial score (nSPS) is 17.4. The largest absolute Gasteiger partial charge is 0.480 e. The van der Waals surface area contributed by atoms with Crippen LogP contribution in [0.2, 0.25) is 0 Å². The van der Waals surface area contributed by atoms with Gasteiger partial charge in [-0.1, -0.05) is 19.8 Å². The van der Waals surface area contributed by atoms with Gasteiger partial charge in [0.25, 0.3) is 0 Å². The molecule has 2 N–H and O–H groups in total. The van der Waals surface area contributed by atoms with Gasteiger partial charge in [0, 0.05) is 17.8 Å². The van der Waals surface area contributed by atoms with Gasteiger partial charge in [-0.2, -0.15) is 11.8 Å². The standard InChI is InChI=1S/C12H22N2O3S/c1-9(18-2)7-13-12(17)14(8-11(15)16)10-5-3-4-6-10/h9-10H,3-8H2,1-2H3,(H,13,17)(H,15,16). The summed E-state index contributed by atoms with van der Waals surface area (Å²) in [4.78, 5) is 24.3. The maximum atomic E-state index is 12.0. The molecule has 1 unspecified atom stereocenters. The summed E-state index contributed by atoms with van der Waals surface area (Å²) in [6, 6.07) is -0.157. The van der Waals surface area contributed by atoms with Gasteiger partial charge in [0.15, 0.2) is 0 Å². The van der Waals surface area contributed by atoms with Crippen LogP contribution in [0.5, 0.6) is 0 Å². The van der Waals surface area contributed by atoms with Crippen LogP contribution in [0.25, 0.3) is 0 Å². The molecule has 1 fully saturated rings. The third-order valence-corrected chi connectivity index (χ3v) is 4.25. The van der Waals surface area contributed by atoms with E-state index in [4.69, 9.17) is 5.11 Å². The lowest BCUT2D eigenvalue weighted by Crippen LogP contribution is -2.48. The molecular weight excluding hydrogens is 252 g/mol. The smallest absolute Gasteiger partial charge is 0.323 e. The third-order valence-electron chi connectivity index (χ3n) is 3.28. The van der Waals surface area contributed by atoms with Crippen molar-refractivity contribution in [2.75, 3.05) is 19.3 Å². The number of aliphatic carboxylic acids is 1. The molecule has 0 heterocycles. The molecule has 1 rings (SSSR count). The van der Waals surface area contributed by atoms with Gasteiger partial charge < -0.3 is 15.3 Å². The van der Waals surface area contributed by atoms with E-state index in [1.54, 1.807) is 11.8 Å². The maximum absolute atomic E-state index is 12.0. The monoisotopic (exact) mass is 274 g/mol. The minimum Gasteiger partial charge on any atom is -0.480 e. The predicted octanol–water partition coefficient (Wildman–Crippen LogP) is 1.78. The Kier molecular flexibility index (Phi) is 6.32. The van der Waals surface area contributed by atoms with Crippen LogP contribution in [-0.2, 0) is 4.79 Å². The number of carbonyl (C=O) groups excluding carboxylic acids is 1. The zero-order valence-electron chi connectivity index (χ0n) is 11.0. The summed E-state index contributed by atoms with van der Waals surface area (Å²) in [5.41, 5.74) is 0. The minimum atomic E-state index is -0.949. The van der Waals surface area contributed by atoms with Crippen LogP contribution in [0.15, 0.2) is 0 Å². The lowest BCUT2D eigenvalue weighted by Gasteiger charge is -2.28. The van der Waals surface area contributed by atoms with Gasteiger partial charge in [-0.25, -0.2) is 4.79 Å². The van der Waals surface area contributed by atoms with E-state index in [1.165, 1.54) is 4.90 Å². The van der Waals surface area contributed by atoms with Crippen molar-refractivity contribution in [2.45, 2.75) is 43.9 Å². The number of carbonyl (C=O) groups is 2. The molecular formula is C12H22N2O3S. The Morgan fingerprint density at radius 3 is 2.56 bits per heavy atom. The number of hydrogen-bond acceptors (Lipinski definition) is 3. The quantitative estimate of drug-likeness (QED) is 0.774. The van der Waals surface area contributed by atoms with Gasteiger partial charge in [0.1, 0.15) is 6.54 Å². The molecule has 104 valence electrons. The van der Waals surface area contributed by atoms with E-state index >= 15 is 0 Å². The maximum Gasteiger partial charge on any atom is 0.323 e. The van der Waals surface area contributed by atoms with E-state index in [-0.39, 0.29) is 18.6 Å². The Morgan fingerprint density at radius 1 is 1.44 bits per heavy atom. The molecule has 1 aliphatic carbocycles. The van der Waals surface area contributed by atoms with Gasteiger partial charge >= 0.3 is 12.0 Å². The van der Waals surface area contributed by atoms with Crippen LogP contribution >= 0.6 is 11.8 Å². The summed E-state index contributed by atoms with van der Waals surface area (Å²) in [7, 11) is 0. The molecule has 18 heavy (non-hydrogen) atoms. The number of carboxylic acids is 1. The summed E-state index contributed by atoms with van der Waals surface area (Å²) in [5.74, 6) is -0.949. The summed E-state index contributed by atoms with van der Waals surface area (Å²) in [6.07, 6.45) is 5.98. The molecule has 1 aliphatic rings. The van der Waals surface area contributed by atoms with Crippen LogP contribution < -0.4 is 5.32 Å². The van der Waals surface area contributed by atoms with Crippen molar-refractivity contribution in [1.29, 1.82) is 0 Å². The second-order valence-electron chi connectivity index (χ2n) is 4.69. The Bertz CT molecular complexity index is 293. The topological polar surface area (TPSA) is 69.6 Å². The van der Waals surface area contributed by atoms with Crippen LogP contribution in [-0.4, -0.2) is 52.6 Å². The third kappa shape index (κ3) is 4.76. The van der Waals surface area contributed by atoms with Crippen molar-refractivity contribution < 1.29 is 14.7 Å². The fourth-order valence-electron chi connectivity index (χ4n) is 2.14. The second-order valence-corrected chi connectivity index (χ2v) is 5.97. The first-order chi connectivity index (χ1) is 8.54. The van der Waals surface area contributed by atoms with Crippen molar-refractivity contribution in [3.05, 3.63) is 0 Å². The summed E-state index contributed by atoms with van der Waals surface area (Å²) in [5, 5.41) is 12.0. The number of nitrogens with one attached hydrogen (secondary N) is 1. The fraction of sp³-hybridized carbons (Fsp3) is 0.833. The molecule has 0 bridgehead atoms. The number of carboxylic acid groups (broad SMARTS) is 1. The molecule has 0 aromatic carbocycles. The first-order valence-electron chi connectivity index (χ1n) is 6.33.